The van der Waals surface area contributed by atoms with E-state index >= 15 is 0 Å². The van der Waals surface area contributed by atoms with Crippen LogP contribution >= 0.6 is 0 Å². The SMILES string of the molecule is COc1ccc(NC23N=CC(C)=C(NO2)N3c2ccc3c(c2)NCO3)cc1C#N. The van der Waals surface area contributed by atoms with Crippen LogP contribution in [0.2, 0.25) is 0 Å². The summed E-state index contributed by atoms with van der Waals surface area (Å²) < 4.78 is 10.8. The summed E-state index contributed by atoms with van der Waals surface area (Å²) in [5.74, 6) is 0.840. The van der Waals surface area contributed by atoms with Gasteiger partial charge in [0, 0.05) is 17.5 Å². The lowest BCUT2D eigenvalue weighted by atomic mass is 10.1. The molecule has 29 heavy (non-hydrogen) atoms. The molecule has 0 radical (unpaired) electrons. The first-order valence-corrected chi connectivity index (χ1v) is 9.01. The molecule has 1 saturated heterocycles. The highest BCUT2D eigenvalue weighted by atomic mass is 16.7. The molecular formula is C20H18N6O3. The Morgan fingerprint density at radius 3 is 3.03 bits per heavy atom. The van der Waals surface area contributed by atoms with Crippen molar-refractivity contribution in [3.05, 3.63) is 53.4 Å². The summed E-state index contributed by atoms with van der Waals surface area (Å²) in [6.07, 6.45) is 1.75. The monoisotopic (exact) mass is 390 g/mol. The van der Waals surface area contributed by atoms with E-state index in [1.54, 1.807) is 18.3 Å². The van der Waals surface area contributed by atoms with Crippen LogP contribution in [-0.4, -0.2) is 26.0 Å². The zero-order chi connectivity index (χ0) is 20.0. The minimum atomic E-state index is -1.25. The van der Waals surface area contributed by atoms with Crippen LogP contribution in [-0.2, 0) is 4.84 Å². The number of fused-ring (bicyclic) bond motifs is 3. The molecule has 2 aromatic carbocycles. The molecule has 3 aliphatic rings. The Morgan fingerprint density at radius 2 is 2.21 bits per heavy atom. The van der Waals surface area contributed by atoms with E-state index in [0.29, 0.717) is 23.7 Å². The highest BCUT2D eigenvalue weighted by Gasteiger charge is 2.49. The van der Waals surface area contributed by atoms with E-state index in [2.05, 4.69) is 27.2 Å². The lowest BCUT2D eigenvalue weighted by Gasteiger charge is -2.36. The van der Waals surface area contributed by atoms with Gasteiger partial charge in [-0.15, -0.1) is 0 Å². The zero-order valence-corrected chi connectivity index (χ0v) is 15.8. The molecule has 0 amide bonds. The number of nitrogens with zero attached hydrogens (tertiary/aromatic N) is 3. The van der Waals surface area contributed by atoms with Gasteiger partial charge in [0.05, 0.1) is 24.0 Å². The van der Waals surface area contributed by atoms with E-state index in [1.165, 1.54) is 7.11 Å². The van der Waals surface area contributed by atoms with Crippen LogP contribution in [0.15, 0.2) is 52.8 Å². The van der Waals surface area contributed by atoms with E-state index in [1.807, 2.05) is 36.1 Å². The van der Waals surface area contributed by atoms with Crippen molar-refractivity contribution in [1.82, 2.24) is 5.48 Å². The van der Waals surface area contributed by atoms with Gasteiger partial charge in [0.1, 0.15) is 23.4 Å². The maximum Gasteiger partial charge on any atom is 0.351 e. The molecule has 0 spiro atoms. The fourth-order valence-corrected chi connectivity index (χ4v) is 3.54. The molecule has 146 valence electrons. The second-order valence-electron chi connectivity index (χ2n) is 6.74. The molecule has 3 aliphatic heterocycles. The van der Waals surface area contributed by atoms with Crippen LogP contribution < -0.4 is 30.5 Å². The van der Waals surface area contributed by atoms with Crippen LogP contribution in [0.4, 0.5) is 17.1 Å². The van der Waals surface area contributed by atoms with Gasteiger partial charge in [-0.3, -0.25) is 4.90 Å². The second kappa shape index (κ2) is 6.32. The van der Waals surface area contributed by atoms with Gasteiger partial charge in [-0.1, -0.05) is 0 Å². The fourth-order valence-electron chi connectivity index (χ4n) is 3.54. The quantitative estimate of drug-likeness (QED) is 0.732. The molecule has 3 heterocycles. The van der Waals surface area contributed by atoms with E-state index in [4.69, 9.17) is 14.3 Å². The third-order valence-electron chi connectivity index (χ3n) is 4.96. The highest BCUT2D eigenvalue weighted by molar-refractivity contribution is 5.85. The van der Waals surface area contributed by atoms with Crippen LogP contribution in [0.5, 0.6) is 11.5 Å². The van der Waals surface area contributed by atoms with E-state index in [0.717, 1.165) is 28.5 Å². The first-order chi connectivity index (χ1) is 14.1. The molecule has 0 saturated carbocycles. The number of rotatable bonds is 4. The third kappa shape index (κ3) is 2.61. The van der Waals surface area contributed by atoms with Crippen LogP contribution in [0.1, 0.15) is 12.5 Å². The number of allylic oxidation sites excluding steroid dienone is 1. The van der Waals surface area contributed by atoms with Gasteiger partial charge in [0.25, 0.3) is 0 Å². The Hall–Kier alpha value is -3.90. The predicted molar refractivity (Wildman–Crippen MR) is 108 cm³/mol. The fraction of sp³-hybridized carbons (Fsp3) is 0.200. The molecule has 9 nitrogen and oxygen atoms in total. The zero-order valence-electron chi connectivity index (χ0n) is 15.8. The third-order valence-corrected chi connectivity index (χ3v) is 4.96. The molecular weight excluding hydrogens is 372 g/mol. The Bertz CT molecular complexity index is 1110. The summed E-state index contributed by atoms with van der Waals surface area (Å²) in [4.78, 5) is 12.5. The smallest absolute Gasteiger partial charge is 0.351 e. The number of nitrogens with one attached hydrogen (secondary N) is 3. The Balaban J connectivity index is 1.56. The first-order valence-electron chi connectivity index (χ1n) is 9.01. The lowest BCUT2D eigenvalue weighted by molar-refractivity contribution is -0.0214. The van der Waals surface area contributed by atoms with Crippen LogP contribution in [0, 0.1) is 11.3 Å². The number of aliphatic imine (C=N–C) groups is 1. The summed E-state index contributed by atoms with van der Waals surface area (Å²) in [5, 5.41) is 15.9. The van der Waals surface area contributed by atoms with Gasteiger partial charge < -0.3 is 20.1 Å². The number of methoxy groups -OCH3 is 1. The molecule has 2 bridgehead atoms. The largest absolute Gasteiger partial charge is 0.495 e. The normalized spacial score (nSPS) is 21.1. The van der Waals surface area contributed by atoms with Crippen molar-refractivity contribution in [2.75, 3.05) is 29.4 Å². The topological polar surface area (TPSA) is 103 Å². The van der Waals surface area contributed by atoms with Gasteiger partial charge in [0.15, 0.2) is 6.73 Å². The standard InChI is InChI=1S/C20H18N6O3/c1-12-10-23-20(24-14-3-5-17(27-2)13(7-14)9-21)26(19(12)25-29-20)15-4-6-18-16(8-15)22-11-28-18/h3-8,10,22,24-25H,11H2,1-2H3. The van der Waals surface area contributed by atoms with Crippen LogP contribution in [0.25, 0.3) is 0 Å². The van der Waals surface area contributed by atoms with Crippen molar-refractivity contribution in [3.63, 3.8) is 0 Å². The minimum absolute atomic E-state index is 0.414. The molecule has 1 unspecified atom stereocenters. The molecule has 3 N–H and O–H groups in total. The molecule has 0 aliphatic carbocycles. The summed E-state index contributed by atoms with van der Waals surface area (Å²) in [7, 11) is 1.53. The summed E-state index contributed by atoms with van der Waals surface area (Å²) in [6, 6.07) is 13.2. The number of hydrogen-bond donors (Lipinski definition) is 3. The summed E-state index contributed by atoms with van der Waals surface area (Å²) in [5.41, 5.74) is 6.74. The maximum atomic E-state index is 9.40. The first kappa shape index (κ1) is 17.2. The van der Waals surface area contributed by atoms with Crippen molar-refractivity contribution < 1.29 is 14.3 Å². The van der Waals surface area contributed by atoms with Gasteiger partial charge in [-0.25, -0.2) is 15.3 Å². The average molecular weight is 390 g/mol. The molecule has 9 heteroatoms. The highest BCUT2D eigenvalue weighted by Crippen LogP contribution is 2.42. The predicted octanol–water partition coefficient (Wildman–Crippen LogP) is 2.71. The second-order valence-corrected chi connectivity index (χ2v) is 6.74. The maximum absolute atomic E-state index is 9.40. The molecule has 5 rings (SSSR count). The van der Waals surface area contributed by atoms with E-state index < -0.39 is 5.97 Å². The lowest BCUT2D eigenvalue weighted by Crippen LogP contribution is -2.51. The number of benzene rings is 2. The molecule has 2 aromatic rings. The molecule has 0 aromatic heterocycles. The Morgan fingerprint density at radius 1 is 1.31 bits per heavy atom. The van der Waals surface area contributed by atoms with Gasteiger partial charge in [-0.2, -0.15) is 5.26 Å². The van der Waals surface area contributed by atoms with Crippen molar-refractivity contribution in [3.8, 4) is 17.6 Å². The number of ether oxygens (including phenoxy) is 2. The van der Waals surface area contributed by atoms with E-state index in [9.17, 15) is 5.26 Å². The minimum Gasteiger partial charge on any atom is -0.495 e. The number of hydroxylamine groups is 1. The number of hydrogen-bond acceptors (Lipinski definition) is 9. The summed E-state index contributed by atoms with van der Waals surface area (Å²) >= 11 is 0. The van der Waals surface area contributed by atoms with Crippen molar-refractivity contribution in [2.24, 2.45) is 4.99 Å². The average Bonchev–Trinajstić information content (AvgIpc) is 3.32. The van der Waals surface area contributed by atoms with Gasteiger partial charge in [-0.05, 0) is 43.3 Å². The van der Waals surface area contributed by atoms with Crippen molar-refractivity contribution >= 4 is 23.3 Å². The summed E-state index contributed by atoms with van der Waals surface area (Å²) in [6.45, 7) is 2.40. The van der Waals surface area contributed by atoms with Crippen molar-refractivity contribution in [2.45, 2.75) is 12.9 Å². The van der Waals surface area contributed by atoms with E-state index in [-0.39, 0.29) is 0 Å². The molecule has 1 fully saturated rings. The number of anilines is 3. The van der Waals surface area contributed by atoms with Gasteiger partial charge >= 0.3 is 5.97 Å². The van der Waals surface area contributed by atoms with Gasteiger partial charge in [0.2, 0.25) is 0 Å². The number of nitriles is 1. The Kier molecular flexibility index (Phi) is 3.75. The van der Waals surface area contributed by atoms with Crippen molar-refractivity contribution in [1.29, 1.82) is 5.26 Å². The van der Waals surface area contributed by atoms with Crippen LogP contribution in [0.3, 0.4) is 0 Å². The Labute approximate surface area is 167 Å². The molecule has 1 atom stereocenters.